The van der Waals surface area contributed by atoms with E-state index in [0.717, 1.165) is 10.2 Å². The van der Waals surface area contributed by atoms with Gasteiger partial charge in [0, 0.05) is 5.69 Å². The number of furan rings is 1. The van der Waals surface area contributed by atoms with Gasteiger partial charge in [-0.05, 0) is 43.1 Å². The van der Waals surface area contributed by atoms with Crippen LogP contribution in [0, 0.1) is 6.92 Å². The van der Waals surface area contributed by atoms with E-state index in [0.29, 0.717) is 27.8 Å². The van der Waals surface area contributed by atoms with Crippen LogP contribution in [0.4, 0.5) is 0 Å². The van der Waals surface area contributed by atoms with E-state index < -0.39 is 0 Å². The molecule has 8 heteroatoms. The van der Waals surface area contributed by atoms with Gasteiger partial charge in [-0.2, -0.15) is 9.78 Å². The SMILES string of the molecule is Cc1c2c(=O)n(-c3nc4ccccc4s3)nc-2cc([O-])n1Cc1ccco1. The highest BCUT2D eigenvalue weighted by Crippen LogP contribution is 2.29. The molecule has 0 amide bonds. The Kier molecular flexibility index (Phi) is 3.41. The van der Waals surface area contributed by atoms with Crippen molar-refractivity contribution in [2.45, 2.75) is 13.5 Å². The Labute approximate surface area is 157 Å². The Morgan fingerprint density at radius 1 is 1.22 bits per heavy atom. The molecule has 0 atom stereocenters. The summed E-state index contributed by atoms with van der Waals surface area (Å²) in [5.41, 5.74) is 1.88. The summed E-state index contributed by atoms with van der Waals surface area (Å²) in [6.07, 6.45) is 1.55. The van der Waals surface area contributed by atoms with Gasteiger partial charge in [0.05, 0.1) is 34.3 Å². The summed E-state index contributed by atoms with van der Waals surface area (Å²) in [6.45, 7) is 2.01. The second-order valence-electron chi connectivity index (χ2n) is 6.17. The third-order valence-corrected chi connectivity index (χ3v) is 5.53. The molecule has 2 aliphatic heterocycles. The first-order chi connectivity index (χ1) is 13.1. The normalized spacial score (nSPS) is 11.6. The number of para-hydroxylation sites is 1. The first-order valence-corrected chi connectivity index (χ1v) is 9.12. The number of fused-ring (bicyclic) bond motifs is 2. The highest BCUT2D eigenvalue weighted by atomic mass is 32.1. The summed E-state index contributed by atoms with van der Waals surface area (Å²) in [5, 5.41) is 17.4. The Morgan fingerprint density at radius 3 is 2.85 bits per heavy atom. The first-order valence-electron chi connectivity index (χ1n) is 8.30. The molecule has 2 aliphatic rings. The minimum absolute atomic E-state index is 0.231. The number of thiazole rings is 1. The number of pyridine rings is 1. The summed E-state index contributed by atoms with van der Waals surface area (Å²) in [7, 11) is 0. The van der Waals surface area contributed by atoms with Crippen molar-refractivity contribution in [2.24, 2.45) is 0 Å². The monoisotopic (exact) mass is 377 g/mol. The van der Waals surface area contributed by atoms with Crippen LogP contribution < -0.4 is 10.7 Å². The van der Waals surface area contributed by atoms with Gasteiger partial charge in [0.1, 0.15) is 5.76 Å². The van der Waals surface area contributed by atoms with Crippen LogP contribution in [0.1, 0.15) is 11.5 Å². The van der Waals surface area contributed by atoms with E-state index in [1.807, 2.05) is 24.3 Å². The Morgan fingerprint density at radius 2 is 2.07 bits per heavy atom. The summed E-state index contributed by atoms with van der Waals surface area (Å²) in [6, 6.07) is 12.6. The van der Waals surface area contributed by atoms with E-state index in [1.54, 1.807) is 25.3 Å². The molecule has 0 unspecified atom stereocenters. The van der Waals surface area contributed by atoms with Crippen LogP contribution in [0.2, 0.25) is 0 Å². The molecule has 0 saturated carbocycles. The third kappa shape index (κ3) is 2.45. The van der Waals surface area contributed by atoms with Gasteiger partial charge in [-0.25, -0.2) is 4.98 Å². The van der Waals surface area contributed by atoms with Crippen molar-refractivity contribution in [3.63, 3.8) is 0 Å². The van der Waals surface area contributed by atoms with E-state index in [4.69, 9.17) is 4.42 Å². The molecule has 0 bridgehead atoms. The largest absolute Gasteiger partial charge is 0.860 e. The topological polar surface area (TPSA) is 88.9 Å². The molecule has 0 saturated heterocycles. The van der Waals surface area contributed by atoms with Crippen molar-refractivity contribution in [1.29, 1.82) is 0 Å². The fourth-order valence-electron chi connectivity index (χ4n) is 3.19. The maximum Gasteiger partial charge on any atom is 0.284 e. The molecule has 0 radical (unpaired) electrons. The van der Waals surface area contributed by atoms with Gasteiger partial charge in [-0.3, -0.25) is 4.79 Å². The second kappa shape index (κ2) is 5.82. The van der Waals surface area contributed by atoms with Crippen LogP contribution in [0.15, 0.2) is 57.9 Å². The van der Waals surface area contributed by atoms with Gasteiger partial charge in [-0.15, -0.1) is 0 Å². The quantitative estimate of drug-likeness (QED) is 0.482. The van der Waals surface area contributed by atoms with Crippen molar-refractivity contribution in [1.82, 2.24) is 19.3 Å². The summed E-state index contributed by atoms with van der Waals surface area (Å²) >= 11 is 1.39. The lowest BCUT2D eigenvalue weighted by atomic mass is 10.1. The van der Waals surface area contributed by atoms with Gasteiger partial charge in [0.25, 0.3) is 5.56 Å². The zero-order valence-electron chi connectivity index (χ0n) is 14.2. The van der Waals surface area contributed by atoms with Gasteiger partial charge < -0.3 is 14.1 Å². The molecule has 7 nitrogen and oxygen atoms in total. The van der Waals surface area contributed by atoms with E-state index >= 15 is 0 Å². The molecule has 0 spiro atoms. The lowest BCUT2D eigenvalue weighted by Gasteiger charge is -2.21. The van der Waals surface area contributed by atoms with Crippen molar-refractivity contribution in [3.05, 3.63) is 70.5 Å². The molecule has 27 heavy (non-hydrogen) atoms. The lowest BCUT2D eigenvalue weighted by molar-refractivity contribution is -0.279. The maximum absolute atomic E-state index is 13.0. The molecule has 5 rings (SSSR count). The third-order valence-electron chi connectivity index (χ3n) is 4.52. The molecule has 0 N–H and O–H groups in total. The van der Waals surface area contributed by atoms with Crippen molar-refractivity contribution in [3.8, 4) is 22.3 Å². The number of nitrogens with zero attached hydrogens (tertiary/aromatic N) is 4. The number of hydrogen-bond donors (Lipinski definition) is 0. The molecule has 0 aliphatic carbocycles. The van der Waals surface area contributed by atoms with Crippen LogP contribution in [0.3, 0.4) is 0 Å². The first kappa shape index (κ1) is 15.8. The van der Waals surface area contributed by atoms with Gasteiger partial charge in [-0.1, -0.05) is 23.5 Å². The maximum atomic E-state index is 13.0. The summed E-state index contributed by atoms with van der Waals surface area (Å²) < 4.78 is 9.10. The Bertz CT molecular complexity index is 1260. The molecule has 4 heterocycles. The van der Waals surface area contributed by atoms with Gasteiger partial charge in [0.15, 0.2) is 0 Å². The van der Waals surface area contributed by atoms with Crippen molar-refractivity contribution in [2.75, 3.05) is 0 Å². The van der Waals surface area contributed by atoms with Crippen molar-refractivity contribution < 1.29 is 9.52 Å². The Hall–Kier alpha value is -3.39. The molecule has 1 aromatic carbocycles. The zero-order valence-corrected chi connectivity index (χ0v) is 15.1. The zero-order chi connectivity index (χ0) is 18.5. The highest BCUT2D eigenvalue weighted by molar-refractivity contribution is 7.20. The van der Waals surface area contributed by atoms with Crippen LogP contribution in [-0.4, -0.2) is 19.3 Å². The average Bonchev–Trinajstić information content (AvgIpc) is 3.37. The fraction of sp³-hybridized carbons (Fsp3) is 0.105. The van der Waals surface area contributed by atoms with Crippen molar-refractivity contribution >= 4 is 21.6 Å². The highest BCUT2D eigenvalue weighted by Gasteiger charge is 2.22. The van der Waals surface area contributed by atoms with E-state index in [-0.39, 0.29) is 18.0 Å². The van der Waals surface area contributed by atoms with E-state index in [9.17, 15) is 9.90 Å². The molecular formula is C19H13N4O3S-. The van der Waals surface area contributed by atoms with E-state index in [2.05, 4.69) is 10.1 Å². The predicted octanol–water partition coefficient (Wildman–Crippen LogP) is 2.77. The second-order valence-corrected chi connectivity index (χ2v) is 7.18. The Balaban J connectivity index is 1.70. The molecular weight excluding hydrogens is 364 g/mol. The van der Waals surface area contributed by atoms with Gasteiger partial charge >= 0.3 is 0 Å². The van der Waals surface area contributed by atoms with Crippen LogP contribution >= 0.6 is 11.3 Å². The van der Waals surface area contributed by atoms with E-state index in [1.165, 1.54) is 26.7 Å². The summed E-state index contributed by atoms with van der Waals surface area (Å²) in [5.74, 6) is 0.413. The van der Waals surface area contributed by atoms with Crippen LogP contribution in [-0.2, 0) is 6.54 Å². The number of hydrogen-bond acceptors (Lipinski definition) is 6. The minimum Gasteiger partial charge on any atom is -0.860 e. The molecule has 0 fully saturated rings. The fourth-order valence-corrected chi connectivity index (χ4v) is 4.11. The summed E-state index contributed by atoms with van der Waals surface area (Å²) in [4.78, 5) is 17.5. The van der Waals surface area contributed by atoms with Crippen LogP contribution in [0.5, 0.6) is 5.88 Å². The number of benzene rings is 1. The number of aromatic nitrogens is 4. The van der Waals surface area contributed by atoms with Crippen LogP contribution in [0.25, 0.3) is 26.6 Å². The lowest BCUT2D eigenvalue weighted by Crippen LogP contribution is -2.18. The smallest absolute Gasteiger partial charge is 0.284 e. The average molecular weight is 377 g/mol. The molecule has 2 aromatic heterocycles. The van der Waals surface area contributed by atoms with Gasteiger partial charge in [0.2, 0.25) is 5.13 Å². The number of rotatable bonds is 3. The standard InChI is InChI=1S/C19H14N4O3S/c1-11-17-14(9-16(24)22(11)10-12-5-4-8-26-12)21-23(18(17)25)19-20-13-6-2-3-7-15(13)27-19/h2-9,24H,10H2,1H3/p-1. The minimum atomic E-state index is -0.283. The molecule has 3 aromatic rings. The predicted molar refractivity (Wildman–Crippen MR) is 99.6 cm³/mol. The molecule has 134 valence electrons.